The molecule has 5 heteroatoms. The van der Waals surface area contributed by atoms with Crippen molar-refractivity contribution in [3.8, 4) is 10.6 Å². The van der Waals surface area contributed by atoms with Crippen LogP contribution in [0.1, 0.15) is 11.3 Å². The highest BCUT2D eigenvalue weighted by Crippen LogP contribution is 2.26. The molecule has 0 radical (unpaired) electrons. The van der Waals surface area contributed by atoms with E-state index in [9.17, 15) is 4.39 Å². The molecule has 0 amide bonds. The van der Waals surface area contributed by atoms with Crippen molar-refractivity contribution in [2.45, 2.75) is 12.4 Å². The van der Waals surface area contributed by atoms with Gasteiger partial charge in [-0.2, -0.15) is 0 Å². The van der Waals surface area contributed by atoms with Crippen LogP contribution in [-0.2, 0) is 12.4 Å². The third kappa shape index (κ3) is 3.07. The van der Waals surface area contributed by atoms with Crippen LogP contribution in [0, 0.1) is 5.82 Å². The van der Waals surface area contributed by atoms with Crippen LogP contribution in [0.4, 0.5) is 4.39 Å². The number of aromatic nitrogens is 1. The Hall–Kier alpha value is -0.970. The van der Waals surface area contributed by atoms with Crippen LogP contribution < -0.4 is 0 Å². The summed E-state index contributed by atoms with van der Waals surface area (Å²) in [6.45, 7) is 0.594. The first-order chi connectivity index (χ1) is 8.60. The van der Waals surface area contributed by atoms with Crippen molar-refractivity contribution in [2.24, 2.45) is 0 Å². The van der Waals surface area contributed by atoms with E-state index in [1.54, 1.807) is 0 Å². The van der Waals surface area contributed by atoms with Gasteiger partial charge in [0.1, 0.15) is 10.8 Å². The average molecular weight is 285 g/mol. The second kappa shape index (κ2) is 5.78. The first-order valence-electron chi connectivity index (χ1n) is 5.54. The highest BCUT2D eigenvalue weighted by Gasteiger charge is 2.09. The minimum absolute atomic E-state index is 0.191. The van der Waals surface area contributed by atoms with Gasteiger partial charge in [0.05, 0.1) is 11.6 Å². The van der Waals surface area contributed by atoms with Gasteiger partial charge in [-0.05, 0) is 20.2 Å². The molecule has 0 spiro atoms. The zero-order valence-electron chi connectivity index (χ0n) is 10.3. The maximum absolute atomic E-state index is 13.9. The Morgan fingerprint density at radius 3 is 2.72 bits per heavy atom. The van der Waals surface area contributed by atoms with E-state index in [1.807, 2.05) is 36.5 Å². The van der Waals surface area contributed by atoms with Crippen molar-refractivity contribution in [3.05, 3.63) is 40.7 Å². The Morgan fingerprint density at radius 1 is 1.39 bits per heavy atom. The first-order valence-corrected chi connectivity index (χ1v) is 6.95. The second-order valence-electron chi connectivity index (χ2n) is 4.32. The van der Waals surface area contributed by atoms with Gasteiger partial charge in [0.2, 0.25) is 0 Å². The molecule has 0 saturated heterocycles. The number of alkyl halides is 1. The van der Waals surface area contributed by atoms with E-state index in [-0.39, 0.29) is 5.82 Å². The number of hydrogen-bond donors (Lipinski definition) is 0. The fourth-order valence-electron chi connectivity index (χ4n) is 1.65. The maximum atomic E-state index is 13.9. The van der Waals surface area contributed by atoms with Crippen LogP contribution in [0.3, 0.4) is 0 Å². The lowest BCUT2D eigenvalue weighted by Crippen LogP contribution is -2.11. The Bertz CT molecular complexity index is 540. The molecule has 0 aliphatic carbocycles. The molecule has 0 unspecified atom stereocenters. The lowest BCUT2D eigenvalue weighted by molar-refractivity contribution is 0.392. The van der Waals surface area contributed by atoms with Crippen LogP contribution in [0.15, 0.2) is 23.6 Å². The summed E-state index contributed by atoms with van der Waals surface area (Å²) in [6.07, 6.45) is 0. The van der Waals surface area contributed by atoms with E-state index in [0.717, 1.165) is 16.3 Å². The highest BCUT2D eigenvalue weighted by atomic mass is 35.5. The van der Waals surface area contributed by atoms with Crippen molar-refractivity contribution >= 4 is 22.9 Å². The first kappa shape index (κ1) is 13.5. The predicted octanol–water partition coefficient (Wildman–Crippen LogP) is 3.75. The molecule has 2 rings (SSSR count). The van der Waals surface area contributed by atoms with Crippen LogP contribution in [0.2, 0.25) is 0 Å². The van der Waals surface area contributed by atoms with Crippen molar-refractivity contribution in [2.75, 3.05) is 14.1 Å². The van der Waals surface area contributed by atoms with E-state index in [0.29, 0.717) is 18.0 Å². The van der Waals surface area contributed by atoms with Gasteiger partial charge in [-0.25, -0.2) is 9.37 Å². The van der Waals surface area contributed by atoms with Crippen molar-refractivity contribution in [1.29, 1.82) is 0 Å². The maximum Gasteiger partial charge on any atom is 0.128 e. The summed E-state index contributed by atoms with van der Waals surface area (Å²) in [5.41, 5.74) is 2.32. The molecule has 2 aromatic rings. The second-order valence-corrected chi connectivity index (χ2v) is 5.45. The predicted molar refractivity (Wildman–Crippen MR) is 74.5 cm³/mol. The number of halogens is 2. The van der Waals surface area contributed by atoms with Gasteiger partial charge < -0.3 is 4.90 Å². The molecule has 96 valence electrons. The molecular formula is C13H14ClFN2S. The van der Waals surface area contributed by atoms with Crippen LogP contribution in [0.5, 0.6) is 0 Å². The Balaban J connectivity index is 2.28. The smallest absolute Gasteiger partial charge is 0.128 e. The van der Waals surface area contributed by atoms with Gasteiger partial charge in [-0.1, -0.05) is 12.1 Å². The fourth-order valence-corrected chi connectivity index (χ4v) is 2.70. The molecule has 1 aromatic heterocycles. The highest BCUT2D eigenvalue weighted by molar-refractivity contribution is 7.13. The van der Waals surface area contributed by atoms with E-state index in [2.05, 4.69) is 4.98 Å². The molecule has 0 N–H and O–H groups in total. The number of nitrogens with zero attached hydrogens (tertiary/aromatic N) is 2. The van der Waals surface area contributed by atoms with Crippen molar-refractivity contribution < 1.29 is 4.39 Å². The van der Waals surface area contributed by atoms with Crippen molar-refractivity contribution in [3.63, 3.8) is 0 Å². The standard InChI is InChI=1S/C13H14ClFN2S/c1-17(2)7-10-4-3-9(5-12(10)15)13-16-11(6-14)8-18-13/h3-5,8H,6-7H2,1-2H3. The van der Waals surface area contributed by atoms with E-state index in [4.69, 9.17) is 11.6 Å². The lowest BCUT2D eigenvalue weighted by atomic mass is 10.1. The van der Waals surface area contributed by atoms with Crippen LogP contribution in [0.25, 0.3) is 10.6 Å². The minimum atomic E-state index is -0.191. The molecule has 2 nitrogen and oxygen atoms in total. The third-order valence-corrected chi connectivity index (χ3v) is 3.69. The molecule has 0 aliphatic rings. The zero-order valence-corrected chi connectivity index (χ0v) is 11.9. The van der Waals surface area contributed by atoms with Gasteiger partial charge in [0.15, 0.2) is 0 Å². The molecule has 0 fully saturated rings. The number of benzene rings is 1. The average Bonchev–Trinajstić information content (AvgIpc) is 2.80. The Kier molecular flexibility index (Phi) is 4.32. The van der Waals surface area contributed by atoms with Crippen molar-refractivity contribution in [1.82, 2.24) is 9.88 Å². The van der Waals surface area contributed by atoms with Crippen LogP contribution in [-0.4, -0.2) is 24.0 Å². The normalized spacial score (nSPS) is 11.2. The largest absolute Gasteiger partial charge is 0.305 e. The molecule has 0 bridgehead atoms. The summed E-state index contributed by atoms with van der Waals surface area (Å²) < 4.78 is 13.9. The molecule has 0 atom stereocenters. The molecule has 0 saturated carbocycles. The third-order valence-electron chi connectivity index (χ3n) is 2.48. The molecule has 0 aliphatic heterocycles. The summed E-state index contributed by atoms with van der Waals surface area (Å²) in [4.78, 5) is 6.28. The molecule has 18 heavy (non-hydrogen) atoms. The van der Waals surface area contributed by atoms with Gasteiger partial charge in [-0.3, -0.25) is 0 Å². The summed E-state index contributed by atoms with van der Waals surface area (Å²) in [7, 11) is 3.84. The van der Waals surface area contributed by atoms with Gasteiger partial charge in [0, 0.05) is 23.1 Å². The summed E-state index contributed by atoms with van der Waals surface area (Å²) in [5.74, 6) is 0.196. The molecule has 1 aromatic carbocycles. The molecular weight excluding hydrogens is 271 g/mol. The summed E-state index contributed by atoms with van der Waals surface area (Å²) in [6, 6.07) is 5.25. The molecule has 1 heterocycles. The van der Waals surface area contributed by atoms with Gasteiger partial charge in [0.25, 0.3) is 0 Å². The summed E-state index contributed by atoms with van der Waals surface area (Å²) in [5, 5.41) is 2.70. The summed E-state index contributed by atoms with van der Waals surface area (Å²) >= 11 is 7.19. The Morgan fingerprint density at radius 2 is 2.17 bits per heavy atom. The number of rotatable bonds is 4. The zero-order chi connectivity index (χ0) is 13.1. The fraction of sp³-hybridized carbons (Fsp3) is 0.308. The van der Waals surface area contributed by atoms with Crippen LogP contribution >= 0.6 is 22.9 Å². The van der Waals surface area contributed by atoms with Gasteiger partial charge >= 0.3 is 0 Å². The minimum Gasteiger partial charge on any atom is -0.305 e. The van der Waals surface area contributed by atoms with E-state index in [1.165, 1.54) is 17.4 Å². The van der Waals surface area contributed by atoms with E-state index >= 15 is 0 Å². The SMILES string of the molecule is CN(C)Cc1ccc(-c2nc(CCl)cs2)cc1F. The monoisotopic (exact) mass is 284 g/mol. The topological polar surface area (TPSA) is 16.1 Å². The Labute approximate surface area is 115 Å². The number of hydrogen-bond acceptors (Lipinski definition) is 3. The van der Waals surface area contributed by atoms with Gasteiger partial charge in [-0.15, -0.1) is 22.9 Å². The quantitative estimate of drug-likeness (QED) is 0.795. The van der Waals surface area contributed by atoms with E-state index < -0.39 is 0 Å². The number of thiazole rings is 1. The lowest BCUT2D eigenvalue weighted by Gasteiger charge is -2.10.